The van der Waals surface area contributed by atoms with Crippen LogP contribution in [0.3, 0.4) is 0 Å². The second kappa shape index (κ2) is 6.72. The fourth-order valence-electron chi connectivity index (χ4n) is 3.26. The molecule has 1 fully saturated rings. The van der Waals surface area contributed by atoms with Crippen LogP contribution in [0.15, 0.2) is 48.5 Å². The van der Waals surface area contributed by atoms with E-state index < -0.39 is 28.8 Å². The Labute approximate surface area is 154 Å². The lowest BCUT2D eigenvalue weighted by atomic mass is 9.80. The van der Waals surface area contributed by atoms with Crippen molar-refractivity contribution in [2.45, 2.75) is 19.5 Å². The van der Waals surface area contributed by atoms with E-state index in [1.165, 1.54) is 18.9 Å². The third-order valence-corrected chi connectivity index (χ3v) is 4.90. The van der Waals surface area contributed by atoms with Crippen LogP contribution in [0.4, 0.5) is 18.9 Å². The molecule has 0 unspecified atom stereocenters. The van der Waals surface area contributed by atoms with Gasteiger partial charge < -0.3 is 9.64 Å². The fraction of sp³-hybridized carbons (Fsp3) is 0.300. The highest BCUT2D eigenvalue weighted by Gasteiger charge is 2.49. The minimum absolute atomic E-state index is 0.0840. The zero-order chi connectivity index (χ0) is 19.8. The molecule has 0 aromatic heterocycles. The lowest BCUT2D eigenvalue weighted by Crippen LogP contribution is -2.38. The van der Waals surface area contributed by atoms with Crippen LogP contribution >= 0.6 is 0 Å². The molecule has 4 nitrogen and oxygen atoms in total. The average Bonchev–Trinajstić information content (AvgIpc) is 2.96. The van der Waals surface area contributed by atoms with E-state index in [4.69, 9.17) is 4.74 Å². The first kappa shape index (κ1) is 18.9. The monoisotopic (exact) mass is 377 g/mol. The summed E-state index contributed by atoms with van der Waals surface area (Å²) in [5, 5.41) is 0. The summed E-state index contributed by atoms with van der Waals surface area (Å²) in [6, 6.07) is 10.9. The first-order valence-corrected chi connectivity index (χ1v) is 8.35. The highest BCUT2D eigenvalue weighted by molar-refractivity contribution is 6.19. The van der Waals surface area contributed by atoms with Crippen molar-refractivity contribution in [2.75, 3.05) is 18.6 Å². The van der Waals surface area contributed by atoms with Gasteiger partial charge in [0.25, 0.3) is 0 Å². The smallest absolute Gasteiger partial charge is 0.416 e. The molecule has 1 atom stereocenters. The van der Waals surface area contributed by atoms with Gasteiger partial charge in [0.15, 0.2) is 5.78 Å². The Morgan fingerprint density at radius 1 is 1.11 bits per heavy atom. The van der Waals surface area contributed by atoms with Crippen LogP contribution in [0.5, 0.6) is 5.75 Å². The number of Topliss-reactive ketones (excluding diaryl/α,β-unsaturated/α-hetero) is 1. The average molecular weight is 377 g/mol. The minimum Gasteiger partial charge on any atom is -0.495 e. The van der Waals surface area contributed by atoms with Crippen molar-refractivity contribution >= 4 is 17.4 Å². The van der Waals surface area contributed by atoms with Crippen LogP contribution in [-0.4, -0.2) is 25.3 Å². The molecule has 27 heavy (non-hydrogen) atoms. The molecule has 1 aliphatic rings. The second-order valence-electron chi connectivity index (χ2n) is 6.61. The zero-order valence-electron chi connectivity index (χ0n) is 14.8. The molecule has 2 aromatic rings. The van der Waals surface area contributed by atoms with Crippen molar-refractivity contribution in [3.05, 3.63) is 59.7 Å². The first-order chi connectivity index (χ1) is 12.7. The van der Waals surface area contributed by atoms with Crippen molar-refractivity contribution in [2.24, 2.45) is 5.41 Å². The predicted octanol–water partition coefficient (Wildman–Crippen LogP) is 4.34. The number of halogens is 3. The number of rotatable bonds is 4. The number of carbonyl (C=O) groups is 2. The summed E-state index contributed by atoms with van der Waals surface area (Å²) in [5.41, 5.74) is -1.52. The van der Waals surface area contributed by atoms with Gasteiger partial charge in [0.2, 0.25) is 5.91 Å². The summed E-state index contributed by atoms with van der Waals surface area (Å²) >= 11 is 0. The van der Waals surface area contributed by atoms with E-state index in [0.717, 1.165) is 24.3 Å². The highest BCUT2D eigenvalue weighted by Crippen LogP contribution is 2.40. The van der Waals surface area contributed by atoms with E-state index >= 15 is 0 Å². The number of methoxy groups -OCH3 is 1. The summed E-state index contributed by atoms with van der Waals surface area (Å²) in [5.74, 6) is -0.368. The van der Waals surface area contributed by atoms with Crippen LogP contribution in [-0.2, 0) is 11.0 Å². The Hall–Kier alpha value is -2.83. The third-order valence-electron chi connectivity index (χ3n) is 4.90. The summed E-state index contributed by atoms with van der Waals surface area (Å²) in [4.78, 5) is 27.4. The number of hydrogen-bond acceptors (Lipinski definition) is 3. The molecular formula is C20H18F3NO3. The van der Waals surface area contributed by atoms with E-state index in [0.29, 0.717) is 18.0 Å². The van der Waals surface area contributed by atoms with E-state index in [9.17, 15) is 22.8 Å². The number of nitrogens with zero attached hydrogens (tertiary/aromatic N) is 1. The molecule has 0 saturated carbocycles. The van der Waals surface area contributed by atoms with Gasteiger partial charge in [-0.2, -0.15) is 13.2 Å². The van der Waals surface area contributed by atoms with E-state index in [1.54, 1.807) is 24.3 Å². The normalized spacial score (nSPS) is 20.0. The zero-order valence-corrected chi connectivity index (χ0v) is 14.8. The van der Waals surface area contributed by atoms with E-state index in [1.807, 2.05) is 0 Å². The van der Waals surface area contributed by atoms with Gasteiger partial charge in [-0.05, 0) is 37.6 Å². The van der Waals surface area contributed by atoms with Gasteiger partial charge in [0, 0.05) is 12.1 Å². The molecule has 1 aliphatic heterocycles. The maximum absolute atomic E-state index is 13.0. The fourth-order valence-corrected chi connectivity index (χ4v) is 3.26. The van der Waals surface area contributed by atoms with Gasteiger partial charge in [-0.15, -0.1) is 0 Å². The quantitative estimate of drug-likeness (QED) is 0.588. The maximum atomic E-state index is 13.0. The second-order valence-corrected chi connectivity index (χ2v) is 6.61. The van der Waals surface area contributed by atoms with E-state index in [-0.39, 0.29) is 12.0 Å². The van der Waals surface area contributed by atoms with Crippen molar-refractivity contribution in [1.82, 2.24) is 0 Å². The van der Waals surface area contributed by atoms with Gasteiger partial charge in [0.05, 0.1) is 18.4 Å². The molecule has 1 saturated heterocycles. The third kappa shape index (κ3) is 3.29. The highest BCUT2D eigenvalue weighted by atomic mass is 19.4. The van der Waals surface area contributed by atoms with Gasteiger partial charge in [-0.1, -0.05) is 24.3 Å². The molecule has 3 rings (SSSR count). The summed E-state index contributed by atoms with van der Waals surface area (Å²) < 4.78 is 43.4. The number of anilines is 1. The number of para-hydroxylation sites is 2. The number of alkyl halides is 3. The van der Waals surface area contributed by atoms with Crippen LogP contribution < -0.4 is 9.64 Å². The first-order valence-electron chi connectivity index (χ1n) is 8.35. The lowest BCUT2D eigenvalue weighted by Gasteiger charge is -2.23. The molecule has 1 heterocycles. The van der Waals surface area contributed by atoms with Crippen LogP contribution in [0.25, 0.3) is 0 Å². The number of ketones is 1. The van der Waals surface area contributed by atoms with Gasteiger partial charge in [-0.25, -0.2) is 0 Å². The standard InChI is InChI=1S/C20H18F3NO3/c1-19(17(25)13-7-9-14(10-8-13)20(21,22)23)11-12-24(18(19)26)15-5-3-4-6-16(15)27-2/h3-10H,11-12H2,1-2H3/t19-/m0/s1. The van der Waals surface area contributed by atoms with Crippen LogP contribution in [0, 0.1) is 5.41 Å². The van der Waals surface area contributed by atoms with Crippen LogP contribution in [0.2, 0.25) is 0 Å². The summed E-state index contributed by atoms with van der Waals surface area (Å²) in [6.07, 6.45) is -4.21. The number of carbonyl (C=O) groups excluding carboxylic acids is 2. The number of hydrogen-bond donors (Lipinski definition) is 0. The van der Waals surface area contributed by atoms with Crippen LogP contribution in [0.1, 0.15) is 29.3 Å². The molecule has 0 N–H and O–H groups in total. The van der Waals surface area contributed by atoms with Gasteiger partial charge >= 0.3 is 6.18 Å². The van der Waals surface area contributed by atoms with E-state index in [2.05, 4.69) is 0 Å². The Kier molecular flexibility index (Phi) is 4.71. The van der Waals surface area contributed by atoms with Crippen molar-refractivity contribution < 1.29 is 27.5 Å². The number of ether oxygens (including phenoxy) is 1. The van der Waals surface area contributed by atoms with Gasteiger partial charge in [0.1, 0.15) is 11.2 Å². The molecule has 0 aliphatic carbocycles. The molecule has 142 valence electrons. The topological polar surface area (TPSA) is 46.6 Å². The van der Waals surface area contributed by atoms with Gasteiger partial charge in [-0.3, -0.25) is 9.59 Å². The molecule has 2 aromatic carbocycles. The molecular weight excluding hydrogens is 359 g/mol. The Morgan fingerprint density at radius 2 is 1.74 bits per heavy atom. The number of amides is 1. The van der Waals surface area contributed by atoms with Crippen molar-refractivity contribution in [3.8, 4) is 5.75 Å². The van der Waals surface area contributed by atoms with Crippen molar-refractivity contribution in [1.29, 1.82) is 0 Å². The summed E-state index contributed by atoms with van der Waals surface area (Å²) in [6.45, 7) is 1.85. The molecule has 1 amide bonds. The predicted molar refractivity (Wildman–Crippen MR) is 93.8 cm³/mol. The molecule has 0 bridgehead atoms. The SMILES string of the molecule is COc1ccccc1N1CC[C@@](C)(C(=O)c2ccc(C(F)(F)F)cc2)C1=O. The largest absolute Gasteiger partial charge is 0.495 e. The Balaban J connectivity index is 1.88. The molecule has 7 heteroatoms. The Morgan fingerprint density at radius 3 is 2.33 bits per heavy atom. The minimum atomic E-state index is -4.48. The van der Waals surface area contributed by atoms with Crippen molar-refractivity contribution in [3.63, 3.8) is 0 Å². The summed E-state index contributed by atoms with van der Waals surface area (Å²) in [7, 11) is 1.49. The number of benzene rings is 2. The maximum Gasteiger partial charge on any atom is 0.416 e. The lowest BCUT2D eigenvalue weighted by molar-refractivity contribution is -0.137. The molecule has 0 radical (unpaired) electrons. The molecule has 0 spiro atoms. The Bertz CT molecular complexity index is 877.